The smallest absolute Gasteiger partial charge is 0.422 e. The summed E-state index contributed by atoms with van der Waals surface area (Å²) in [6, 6.07) is 0. The van der Waals surface area contributed by atoms with E-state index in [1.807, 2.05) is 13.8 Å². The molecular formula is C12H15F3N2O. The lowest BCUT2D eigenvalue weighted by Gasteiger charge is -2.14. The fraction of sp³-hybridized carbons (Fsp3) is 0.667. The van der Waals surface area contributed by atoms with Crippen LogP contribution in [0.2, 0.25) is 0 Å². The minimum Gasteiger partial charge on any atom is -0.468 e. The average molecular weight is 260 g/mol. The lowest BCUT2D eigenvalue weighted by molar-refractivity contribution is -0.154. The summed E-state index contributed by atoms with van der Waals surface area (Å²) >= 11 is 0. The summed E-state index contributed by atoms with van der Waals surface area (Å²) in [6.45, 7) is 2.43. The van der Waals surface area contributed by atoms with E-state index in [2.05, 4.69) is 9.97 Å². The number of nitrogens with zero attached hydrogens (tertiary/aromatic N) is 2. The molecule has 0 saturated heterocycles. The molecule has 1 fully saturated rings. The van der Waals surface area contributed by atoms with Crippen molar-refractivity contribution in [3.8, 4) is 5.88 Å². The number of alkyl halides is 3. The first-order chi connectivity index (χ1) is 8.37. The molecule has 1 heterocycles. The third-order valence-corrected chi connectivity index (χ3v) is 2.74. The summed E-state index contributed by atoms with van der Waals surface area (Å²) < 4.78 is 41.3. The van der Waals surface area contributed by atoms with Crippen LogP contribution in [0.15, 0.2) is 6.20 Å². The Morgan fingerprint density at radius 3 is 2.56 bits per heavy atom. The minimum atomic E-state index is -4.35. The highest BCUT2D eigenvalue weighted by Crippen LogP contribution is 2.39. The Labute approximate surface area is 103 Å². The van der Waals surface area contributed by atoms with Crippen LogP contribution in [-0.4, -0.2) is 22.8 Å². The molecular weight excluding hydrogens is 245 g/mol. The zero-order valence-corrected chi connectivity index (χ0v) is 10.3. The van der Waals surface area contributed by atoms with Gasteiger partial charge in [-0.15, -0.1) is 0 Å². The normalized spacial score (nSPS) is 16.1. The zero-order valence-electron chi connectivity index (χ0n) is 10.3. The first kappa shape index (κ1) is 13.1. The summed E-state index contributed by atoms with van der Waals surface area (Å²) in [4.78, 5) is 8.32. The second-order valence-corrected chi connectivity index (χ2v) is 4.82. The molecule has 0 unspecified atom stereocenters. The zero-order chi connectivity index (χ0) is 13.3. The predicted molar refractivity (Wildman–Crippen MR) is 59.6 cm³/mol. The van der Waals surface area contributed by atoms with Gasteiger partial charge < -0.3 is 4.74 Å². The van der Waals surface area contributed by atoms with Crippen molar-refractivity contribution in [1.82, 2.24) is 9.97 Å². The molecule has 0 spiro atoms. The van der Waals surface area contributed by atoms with E-state index in [1.54, 1.807) is 6.20 Å². The topological polar surface area (TPSA) is 35.0 Å². The van der Waals surface area contributed by atoms with E-state index in [0.717, 1.165) is 12.8 Å². The van der Waals surface area contributed by atoms with E-state index >= 15 is 0 Å². The molecule has 1 aliphatic carbocycles. The Hall–Kier alpha value is -1.33. The molecule has 0 aliphatic heterocycles. The Kier molecular flexibility index (Phi) is 3.45. The highest BCUT2D eigenvalue weighted by Gasteiger charge is 2.31. The Morgan fingerprint density at radius 1 is 1.39 bits per heavy atom. The summed E-state index contributed by atoms with van der Waals surface area (Å²) in [5.41, 5.74) is 0.614. The average Bonchev–Trinajstić information content (AvgIpc) is 3.08. The molecule has 1 saturated carbocycles. The molecule has 2 rings (SSSR count). The van der Waals surface area contributed by atoms with Crippen LogP contribution < -0.4 is 4.74 Å². The lowest BCUT2D eigenvalue weighted by atomic mass is 10.1. The van der Waals surface area contributed by atoms with Crippen LogP contribution in [0.1, 0.15) is 49.9 Å². The molecule has 1 aliphatic rings. The van der Waals surface area contributed by atoms with E-state index in [-0.39, 0.29) is 11.8 Å². The van der Waals surface area contributed by atoms with Gasteiger partial charge in [-0.25, -0.2) is 4.98 Å². The van der Waals surface area contributed by atoms with Crippen molar-refractivity contribution in [2.45, 2.75) is 44.7 Å². The number of hydrogen-bond acceptors (Lipinski definition) is 3. The molecule has 0 amide bonds. The van der Waals surface area contributed by atoms with Gasteiger partial charge in [0.1, 0.15) is 5.82 Å². The lowest BCUT2D eigenvalue weighted by Crippen LogP contribution is -2.20. The van der Waals surface area contributed by atoms with Crippen molar-refractivity contribution in [1.29, 1.82) is 0 Å². The number of halogens is 3. The van der Waals surface area contributed by atoms with Crippen LogP contribution in [0.3, 0.4) is 0 Å². The third kappa shape index (κ3) is 3.34. The molecule has 3 nitrogen and oxygen atoms in total. The molecule has 0 radical (unpaired) electrons. The third-order valence-electron chi connectivity index (χ3n) is 2.74. The Morgan fingerprint density at radius 2 is 2.06 bits per heavy atom. The maximum atomic E-state index is 12.2. The van der Waals surface area contributed by atoms with E-state index in [1.165, 1.54) is 0 Å². The standard InChI is InChI=1S/C12H15F3N2O/c1-7(2)9-5-16-10(8-3-4-8)17-11(9)18-6-12(13,14)15/h5,7-8H,3-4,6H2,1-2H3. The largest absolute Gasteiger partial charge is 0.468 e. The van der Waals surface area contributed by atoms with E-state index < -0.39 is 12.8 Å². The summed E-state index contributed by atoms with van der Waals surface area (Å²) in [5.74, 6) is 0.983. The van der Waals surface area contributed by atoms with Gasteiger partial charge in [0, 0.05) is 17.7 Å². The molecule has 0 N–H and O–H groups in total. The van der Waals surface area contributed by atoms with Crippen molar-refractivity contribution in [2.75, 3.05) is 6.61 Å². The quantitative estimate of drug-likeness (QED) is 0.832. The van der Waals surface area contributed by atoms with Crippen LogP contribution >= 0.6 is 0 Å². The van der Waals surface area contributed by atoms with Gasteiger partial charge >= 0.3 is 6.18 Å². The number of aromatic nitrogens is 2. The summed E-state index contributed by atoms with van der Waals surface area (Å²) in [5, 5.41) is 0. The van der Waals surface area contributed by atoms with Gasteiger partial charge in [-0.05, 0) is 18.8 Å². The minimum absolute atomic E-state index is 0.0292. The molecule has 6 heteroatoms. The van der Waals surface area contributed by atoms with Gasteiger partial charge in [-0.1, -0.05) is 13.8 Å². The second kappa shape index (κ2) is 4.74. The van der Waals surface area contributed by atoms with Gasteiger partial charge in [0.15, 0.2) is 6.61 Å². The molecule has 1 aromatic rings. The maximum Gasteiger partial charge on any atom is 0.422 e. The first-order valence-electron chi connectivity index (χ1n) is 5.93. The Bertz CT molecular complexity index is 428. The van der Waals surface area contributed by atoms with Gasteiger partial charge in [-0.2, -0.15) is 18.2 Å². The van der Waals surface area contributed by atoms with Crippen molar-refractivity contribution in [3.05, 3.63) is 17.6 Å². The molecule has 0 aromatic carbocycles. The monoisotopic (exact) mass is 260 g/mol. The van der Waals surface area contributed by atoms with Crippen molar-refractivity contribution < 1.29 is 17.9 Å². The van der Waals surface area contributed by atoms with Gasteiger partial charge in [0.25, 0.3) is 0 Å². The first-order valence-corrected chi connectivity index (χ1v) is 5.93. The van der Waals surface area contributed by atoms with Crippen LogP contribution in [0, 0.1) is 0 Å². The molecule has 1 aromatic heterocycles. The second-order valence-electron chi connectivity index (χ2n) is 4.82. The fourth-order valence-electron chi connectivity index (χ4n) is 1.59. The molecule has 0 atom stereocenters. The maximum absolute atomic E-state index is 12.2. The summed E-state index contributed by atoms with van der Waals surface area (Å²) in [7, 11) is 0. The van der Waals surface area contributed by atoms with Crippen molar-refractivity contribution >= 4 is 0 Å². The van der Waals surface area contributed by atoms with Gasteiger partial charge in [-0.3, -0.25) is 0 Å². The highest BCUT2D eigenvalue weighted by atomic mass is 19.4. The summed E-state index contributed by atoms with van der Waals surface area (Å²) in [6.07, 6.45) is -0.768. The predicted octanol–water partition coefficient (Wildman–Crippen LogP) is 3.42. The van der Waals surface area contributed by atoms with E-state index in [9.17, 15) is 13.2 Å². The molecule has 0 bridgehead atoms. The van der Waals surface area contributed by atoms with Crippen LogP contribution in [0.4, 0.5) is 13.2 Å². The molecule has 18 heavy (non-hydrogen) atoms. The van der Waals surface area contributed by atoms with Crippen molar-refractivity contribution in [2.24, 2.45) is 0 Å². The van der Waals surface area contributed by atoms with Crippen LogP contribution in [0.25, 0.3) is 0 Å². The van der Waals surface area contributed by atoms with E-state index in [4.69, 9.17) is 4.74 Å². The van der Waals surface area contributed by atoms with Crippen LogP contribution in [0.5, 0.6) is 5.88 Å². The van der Waals surface area contributed by atoms with Crippen LogP contribution in [-0.2, 0) is 0 Å². The number of hydrogen-bond donors (Lipinski definition) is 0. The molecule has 100 valence electrons. The number of ether oxygens (including phenoxy) is 1. The fourth-order valence-corrected chi connectivity index (χ4v) is 1.59. The van der Waals surface area contributed by atoms with Crippen molar-refractivity contribution in [3.63, 3.8) is 0 Å². The SMILES string of the molecule is CC(C)c1cnc(C2CC2)nc1OCC(F)(F)F. The van der Waals surface area contributed by atoms with Gasteiger partial charge in [0.2, 0.25) is 5.88 Å². The Balaban J connectivity index is 2.20. The van der Waals surface area contributed by atoms with Gasteiger partial charge in [0.05, 0.1) is 0 Å². The highest BCUT2D eigenvalue weighted by molar-refractivity contribution is 5.28. The number of rotatable bonds is 4. The van der Waals surface area contributed by atoms with E-state index in [0.29, 0.717) is 17.3 Å².